The molecule has 0 radical (unpaired) electrons. The Morgan fingerprint density at radius 3 is 2.96 bits per heavy atom. The standard InChI is InChI=1S/C18H26N2O2S/c1-3-20-12-16(11-17(20)21)18(22)19-8-5-9-23-13-15-7-4-6-14(2)10-15/h4,6-7,10,16H,3,5,8-9,11-13H2,1-2H3,(H,19,22)/t16-/m0/s1. The molecule has 1 N–H and O–H groups in total. The maximum absolute atomic E-state index is 12.0. The van der Waals surface area contributed by atoms with Crippen molar-refractivity contribution in [3.05, 3.63) is 35.4 Å². The molecular weight excluding hydrogens is 308 g/mol. The van der Waals surface area contributed by atoms with E-state index >= 15 is 0 Å². The van der Waals surface area contributed by atoms with Crippen molar-refractivity contribution in [3.8, 4) is 0 Å². The van der Waals surface area contributed by atoms with Crippen LogP contribution in [0.3, 0.4) is 0 Å². The zero-order chi connectivity index (χ0) is 16.7. The number of hydrogen-bond acceptors (Lipinski definition) is 3. The largest absolute Gasteiger partial charge is 0.356 e. The lowest BCUT2D eigenvalue weighted by atomic mass is 10.1. The van der Waals surface area contributed by atoms with Crippen LogP contribution in [0.2, 0.25) is 0 Å². The third-order valence-corrected chi connectivity index (χ3v) is 5.20. The van der Waals surface area contributed by atoms with E-state index in [2.05, 4.69) is 36.5 Å². The molecule has 126 valence electrons. The highest BCUT2D eigenvalue weighted by atomic mass is 32.2. The molecule has 0 aromatic heterocycles. The molecule has 0 aliphatic carbocycles. The molecule has 1 aromatic carbocycles. The topological polar surface area (TPSA) is 49.4 Å². The van der Waals surface area contributed by atoms with Gasteiger partial charge in [0, 0.05) is 31.8 Å². The summed E-state index contributed by atoms with van der Waals surface area (Å²) in [4.78, 5) is 25.4. The maximum atomic E-state index is 12.0. The van der Waals surface area contributed by atoms with Gasteiger partial charge in [0.05, 0.1) is 5.92 Å². The average molecular weight is 334 g/mol. The Bertz CT molecular complexity index is 548. The molecule has 1 fully saturated rings. The SMILES string of the molecule is CCN1C[C@@H](C(=O)NCCCSCc2cccc(C)c2)CC1=O. The normalized spacial score (nSPS) is 17.6. The lowest BCUT2D eigenvalue weighted by Crippen LogP contribution is -2.33. The number of thioether (sulfide) groups is 1. The fraction of sp³-hybridized carbons (Fsp3) is 0.556. The van der Waals surface area contributed by atoms with Crippen molar-refractivity contribution < 1.29 is 9.59 Å². The predicted octanol–water partition coefficient (Wildman–Crippen LogP) is 2.60. The number of likely N-dealkylation sites (tertiary alicyclic amines) is 1. The van der Waals surface area contributed by atoms with E-state index < -0.39 is 0 Å². The van der Waals surface area contributed by atoms with Gasteiger partial charge in [0.25, 0.3) is 0 Å². The fourth-order valence-corrected chi connectivity index (χ4v) is 3.68. The van der Waals surface area contributed by atoms with Crippen molar-refractivity contribution in [2.24, 2.45) is 5.92 Å². The summed E-state index contributed by atoms with van der Waals surface area (Å²) in [5, 5.41) is 2.97. The van der Waals surface area contributed by atoms with Gasteiger partial charge >= 0.3 is 0 Å². The molecule has 1 atom stereocenters. The van der Waals surface area contributed by atoms with Gasteiger partial charge in [0.15, 0.2) is 0 Å². The summed E-state index contributed by atoms with van der Waals surface area (Å²) >= 11 is 1.89. The van der Waals surface area contributed by atoms with E-state index in [0.717, 1.165) is 17.9 Å². The van der Waals surface area contributed by atoms with Gasteiger partial charge in [-0.15, -0.1) is 0 Å². The van der Waals surface area contributed by atoms with Gasteiger partial charge in [-0.25, -0.2) is 0 Å². The molecule has 23 heavy (non-hydrogen) atoms. The number of rotatable bonds is 8. The van der Waals surface area contributed by atoms with E-state index in [1.807, 2.05) is 18.7 Å². The highest BCUT2D eigenvalue weighted by molar-refractivity contribution is 7.98. The maximum Gasteiger partial charge on any atom is 0.225 e. The monoisotopic (exact) mass is 334 g/mol. The van der Waals surface area contributed by atoms with Crippen LogP contribution in [0, 0.1) is 12.8 Å². The summed E-state index contributed by atoms with van der Waals surface area (Å²) < 4.78 is 0. The number of nitrogens with zero attached hydrogens (tertiary/aromatic N) is 1. The third-order valence-electron chi connectivity index (χ3n) is 4.08. The Labute approximate surface area is 143 Å². The first-order chi connectivity index (χ1) is 11.1. The highest BCUT2D eigenvalue weighted by Crippen LogP contribution is 2.17. The number of nitrogens with one attached hydrogen (secondary N) is 1. The molecule has 0 unspecified atom stereocenters. The minimum absolute atomic E-state index is 0.0259. The Morgan fingerprint density at radius 1 is 1.43 bits per heavy atom. The molecule has 0 spiro atoms. The Balaban J connectivity index is 1.57. The third kappa shape index (κ3) is 5.57. The summed E-state index contributed by atoms with van der Waals surface area (Å²) in [5.41, 5.74) is 2.64. The van der Waals surface area contributed by atoms with E-state index in [1.165, 1.54) is 11.1 Å². The van der Waals surface area contributed by atoms with Crippen molar-refractivity contribution in [2.45, 2.75) is 32.4 Å². The van der Waals surface area contributed by atoms with Crippen LogP contribution in [0.1, 0.15) is 30.9 Å². The van der Waals surface area contributed by atoms with Crippen LogP contribution < -0.4 is 5.32 Å². The molecule has 0 saturated carbocycles. The molecule has 0 bridgehead atoms. The summed E-state index contributed by atoms with van der Waals surface area (Å²) in [7, 11) is 0. The quantitative estimate of drug-likeness (QED) is 0.744. The van der Waals surface area contributed by atoms with Crippen LogP contribution in [0.15, 0.2) is 24.3 Å². The number of benzene rings is 1. The summed E-state index contributed by atoms with van der Waals surface area (Å²) in [6.45, 7) is 6.01. The predicted molar refractivity (Wildman–Crippen MR) is 95.3 cm³/mol. The van der Waals surface area contributed by atoms with Gasteiger partial charge in [0.1, 0.15) is 0 Å². The zero-order valence-corrected chi connectivity index (χ0v) is 14.8. The minimum atomic E-state index is -0.164. The summed E-state index contributed by atoms with van der Waals surface area (Å²) in [6, 6.07) is 8.56. The molecule has 1 aliphatic heterocycles. The van der Waals surface area contributed by atoms with Gasteiger partial charge < -0.3 is 10.2 Å². The van der Waals surface area contributed by atoms with Gasteiger partial charge in [-0.2, -0.15) is 11.8 Å². The second-order valence-corrected chi connectivity index (χ2v) is 7.12. The first-order valence-electron chi connectivity index (χ1n) is 8.29. The zero-order valence-electron chi connectivity index (χ0n) is 14.0. The molecule has 2 amide bonds. The number of carbonyl (C=O) groups excluding carboxylic acids is 2. The number of aryl methyl sites for hydroxylation is 1. The van der Waals surface area contributed by atoms with Crippen LogP contribution in [-0.4, -0.2) is 42.1 Å². The van der Waals surface area contributed by atoms with E-state index in [0.29, 0.717) is 26.1 Å². The number of amides is 2. The molecule has 1 aromatic rings. The number of carbonyl (C=O) groups is 2. The molecule has 1 aliphatic rings. The molecular formula is C18H26N2O2S. The van der Waals surface area contributed by atoms with Crippen molar-refractivity contribution in [2.75, 3.05) is 25.4 Å². The Morgan fingerprint density at radius 2 is 2.26 bits per heavy atom. The molecule has 1 saturated heterocycles. The van der Waals surface area contributed by atoms with E-state index in [9.17, 15) is 9.59 Å². The average Bonchev–Trinajstić information content (AvgIpc) is 2.91. The molecule has 2 rings (SSSR count). The van der Waals surface area contributed by atoms with E-state index in [4.69, 9.17) is 0 Å². The highest BCUT2D eigenvalue weighted by Gasteiger charge is 2.32. The summed E-state index contributed by atoms with van der Waals surface area (Å²) in [6.07, 6.45) is 1.32. The lowest BCUT2D eigenvalue weighted by Gasteiger charge is -2.13. The smallest absolute Gasteiger partial charge is 0.225 e. The van der Waals surface area contributed by atoms with Gasteiger partial charge in [-0.1, -0.05) is 29.8 Å². The van der Waals surface area contributed by atoms with Crippen molar-refractivity contribution in [1.29, 1.82) is 0 Å². The first-order valence-corrected chi connectivity index (χ1v) is 9.44. The first kappa shape index (κ1) is 17.9. The van der Waals surface area contributed by atoms with Gasteiger partial charge in [-0.05, 0) is 31.6 Å². The van der Waals surface area contributed by atoms with E-state index in [-0.39, 0.29) is 17.7 Å². The van der Waals surface area contributed by atoms with Gasteiger partial charge in [-0.3, -0.25) is 9.59 Å². The van der Waals surface area contributed by atoms with Crippen LogP contribution in [-0.2, 0) is 15.3 Å². The fourth-order valence-electron chi connectivity index (χ4n) is 2.78. The summed E-state index contributed by atoms with van der Waals surface area (Å²) in [5.74, 6) is 2.00. The number of hydrogen-bond donors (Lipinski definition) is 1. The van der Waals surface area contributed by atoms with Crippen LogP contribution in [0.5, 0.6) is 0 Å². The van der Waals surface area contributed by atoms with Crippen LogP contribution in [0.25, 0.3) is 0 Å². The van der Waals surface area contributed by atoms with Crippen molar-refractivity contribution in [3.63, 3.8) is 0 Å². The minimum Gasteiger partial charge on any atom is -0.356 e. The van der Waals surface area contributed by atoms with Crippen LogP contribution in [0.4, 0.5) is 0 Å². The van der Waals surface area contributed by atoms with Gasteiger partial charge in [0.2, 0.25) is 11.8 Å². The second-order valence-electron chi connectivity index (χ2n) is 6.02. The Kier molecular flexibility index (Phi) is 6.96. The van der Waals surface area contributed by atoms with E-state index in [1.54, 1.807) is 4.90 Å². The lowest BCUT2D eigenvalue weighted by molar-refractivity contribution is -0.128. The van der Waals surface area contributed by atoms with Crippen molar-refractivity contribution >= 4 is 23.6 Å². The molecule has 5 heteroatoms. The molecule has 4 nitrogen and oxygen atoms in total. The Hall–Kier alpha value is -1.49. The second kappa shape index (κ2) is 8.96. The van der Waals surface area contributed by atoms with Crippen molar-refractivity contribution in [1.82, 2.24) is 10.2 Å². The van der Waals surface area contributed by atoms with Crippen LogP contribution >= 0.6 is 11.8 Å². The molecule has 1 heterocycles.